The molecule has 44 heavy (non-hydrogen) atoms. The molecule has 0 aromatic carbocycles. The van der Waals surface area contributed by atoms with E-state index >= 15 is 0 Å². The van der Waals surface area contributed by atoms with Crippen LogP contribution >= 0.6 is 37.7 Å². The van der Waals surface area contributed by atoms with E-state index in [1.165, 1.54) is 35.1 Å². The van der Waals surface area contributed by atoms with Crippen molar-refractivity contribution < 1.29 is 33.0 Å². The van der Waals surface area contributed by atoms with E-state index in [1.807, 2.05) is 24.5 Å². The fourth-order valence-electron chi connectivity index (χ4n) is 8.95. The molecule has 6 aliphatic carbocycles. The summed E-state index contributed by atoms with van der Waals surface area (Å²) in [4.78, 5) is 19.2. The Hall–Kier alpha value is -0.863. The van der Waals surface area contributed by atoms with E-state index in [0.29, 0.717) is 35.5 Å². The third kappa shape index (κ3) is 5.56. The SMILES string of the molecule is CC1(C)C2CC1C(C1c3cc(-c4ccccn4)ncc3C3CC1C3(C)C)c1cc(-c3ccccn3)ncc12.[Cl][Pt][Cl].[Cl][Pt][Cl]. The van der Waals surface area contributed by atoms with Gasteiger partial charge >= 0.3 is 70.6 Å². The molecule has 0 amide bonds. The molecule has 10 rings (SSSR count). The minimum atomic E-state index is -0.472. The molecule has 4 bridgehead atoms. The summed E-state index contributed by atoms with van der Waals surface area (Å²) in [6, 6.07) is 17.0. The Labute approximate surface area is 293 Å². The van der Waals surface area contributed by atoms with E-state index in [9.17, 15) is 0 Å². The summed E-state index contributed by atoms with van der Waals surface area (Å²) in [5, 5.41) is 0. The molecule has 6 aliphatic rings. The molecule has 6 unspecified atom stereocenters. The molecular weight excluding hydrogens is 996 g/mol. The molecule has 2 fully saturated rings. The number of rotatable bonds is 3. The van der Waals surface area contributed by atoms with Crippen LogP contribution in [0.2, 0.25) is 0 Å². The summed E-state index contributed by atoms with van der Waals surface area (Å²) < 4.78 is 0. The van der Waals surface area contributed by atoms with E-state index in [-0.39, 0.29) is 10.8 Å². The normalized spacial score (nSPS) is 27.6. The summed E-state index contributed by atoms with van der Waals surface area (Å²) >= 11 is -0.944. The number of fused-ring (bicyclic) bond motifs is 1. The molecule has 0 aliphatic heterocycles. The van der Waals surface area contributed by atoms with Crippen LogP contribution in [0.3, 0.4) is 0 Å². The van der Waals surface area contributed by atoms with Crippen molar-refractivity contribution in [3.8, 4) is 22.8 Å². The van der Waals surface area contributed by atoms with Crippen molar-refractivity contribution in [2.24, 2.45) is 22.7 Å². The van der Waals surface area contributed by atoms with E-state index in [2.05, 4.69) is 86.5 Å². The van der Waals surface area contributed by atoms with Crippen molar-refractivity contribution in [2.45, 2.75) is 64.2 Å². The second-order valence-corrected chi connectivity index (χ2v) is 20.0. The van der Waals surface area contributed by atoms with Crippen LogP contribution in [0, 0.1) is 22.7 Å². The van der Waals surface area contributed by atoms with Gasteiger partial charge in [-0.25, -0.2) is 0 Å². The molecule has 0 saturated heterocycles. The first-order valence-electron chi connectivity index (χ1n) is 14.7. The maximum absolute atomic E-state index is 4.96. The van der Waals surface area contributed by atoms with Gasteiger partial charge in [0.1, 0.15) is 0 Å². The second kappa shape index (κ2) is 13.3. The second-order valence-electron chi connectivity index (χ2n) is 13.4. The van der Waals surface area contributed by atoms with Crippen LogP contribution in [0.5, 0.6) is 0 Å². The Balaban J connectivity index is 0.000000532. The van der Waals surface area contributed by atoms with Crippen LogP contribution in [-0.2, 0) is 33.0 Å². The standard InChI is InChI=1S/C34H34N4.4ClH.2Pt/c1-33(2)23-15-25(33)31(19-13-29(37-17-21(19)23)27-9-5-7-11-35-27)32-20-14-30(28-10-6-8-12-36-28)38-18-22(20)24-16-26(32)34(24,3)4;;;;;;/h5-14,17-18,23-26,31-32H,15-16H2,1-4H3;4*1H;;/q;;;;;2*+2/p-4. The van der Waals surface area contributed by atoms with E-state index < -0.39 is 33.0 Å². The predicted octanol–water partition coefficient (Wildman–Crippen LogP) is 10.5. The molecule has 6 atom stereocenters. The minimum absolute atomic E-state index is 0.285. The summed E-state index contributed by atoms with van der Waals surface area (Å²) in [5.41, 5.74) is 10.5. The zero-order chi connectivity index (χ0) is 31.2. The number of hydrogen-bond donors (Lipinski definition) is 0. The van der Waals surface area contributed by atoms with E-state index in [1.54, 1.807) is 0 Å². The number of halogens is 4. The van der Waals surface area contributed by atoms with Gasteiger partial charge in [-0.05, 0) is 118 Å². The van der Waals surface area contributed by atoms with Crippen molar-refractivity contribution in [3.05, 3.63) is 95.6 Å². The van der Waals surface area contributed by atoms with Crippen LogP contribution in [-0.4, -0.2) is 19.9 Å². The molecule has 238 valence electrons. The molecule has 4 aromatic heterocycles. The van der Waals surface area contributed by atoms with Crippen molar-refractivity contribution in [2.75, 3.05) is 0 Å². The molecule has 4 heterocycles. The first kappa shape index (κ1) is 33.1. The third-order valence-electron chi connectivity index (χ3n) is 11.2. The predicted molar refractivity (Wildman–Crippen MR) is 173 cm³/mol. The van der Waals surface area contributed by atoms with Gasteiger partial charge in [-0.3, -0.25) is 19.9 Å². The van der Waals surface area contributed by atoms with Gasteiger partial charge in [0, 0.05) is 24.8 Å². The molecule has 4 nitrogen and oxygen atoms in total. The van der Waals surface area contributed by atoms with Crippen molar-refractivity contribution in [1.29, 1.82) is 0 Å². The van der Waals surface area contributed by atoms with E-state index in [0.717, 1.165) is 22.8 Å². The van der Waals surface area contributed by atoms with Crippen LogP contribution in [0.25, 0.3) is 22.8 Å². The van der Waals surface area contributed by atoms with Gasteiger partial charge in [0.25, 0.3) is 0 Å². The average molecular weight is 1030 g/mol. The molecule has 10 heteroatoms. The van der Waals surface area contributed by atoms with Crippen LogP contribution in [0.1, 0.15) is 86.5 Å². The number of pyridine rings is 4. The molecular formula is C34H34Cl4N4Pt2. The van der Waals surface area contributed by atoms with Crippen molar-refractivity contribution in [3.63, 3.8) is 0 Å². The zero-order valence-electron chi connectivity index (χ0n) is 24.7. The van der Waals surface area contributed by atoms with Gasteiger partial charge in [0.05, 0.1) is 22.8 Å². The van der Waals surface area contributed by atoms with Gasteiger partial charge < -0.3 is 0 Å². The summed E-state index contributed by atoms with van der Waals surface area (Å²) in [7, 11) is 19.5. The van der Waals surface area contributed by atoms with Crippen molar-refractivity contribution in [1.82, 2.24) is 19.9 Å². The quantitative estimate of drug-likeness (QED) is 0.205. The van der Waals surface area contributed by atoms with Gasteiger partial charge in [-0.1, -0.05) is 39.8 Å². The molecule has 0 spiro atoms. The van der Waals surface area contributed by atoms with E-state index in [4.69, 9.17) is 47.6 Å². The van der Waals surface area contributed by atoms with Crippen LogP contribution in [0.15, 0.2) is 73.3 Å². The summed E-state index contributed by atoms with van der Waals surface area (Å²) in [6.07, 6.45) is 10.7. The molecule has 0 radical (unpaired) electrons. The number of hydrogen-bond acceptors (Lipinski definition) is 4. The van der Waals surface area contributed by atoms with Gasteiger partial charge in [0.15, 0.2) is 0 Å². The van der Waals surface area contributed by atoms with Crippen LogP contribution in [0.4, 0.5) is 0 Å². The number of nitrogens with zero attached hydrogens (tertiary/aromatic N) is 4. The fourth-order valence-corrected chi connectivity index (χ4v) is 8.95. The number of aromatic nitrogens is 4. The average Bonchev–Trinajstić information content (AvgIpc) is 3.04. The Morgan fingerprint density at radius 1 is 0.568 bits per heavy atom. The van der Waals surface area contributed by atoms with Gasteiger partial charge in [-0.15, -0.1) is 0 Å². The van der Waals surface area contributed by atoms with Crippen molar-refractivity contribution >= 4 is 37.7 Å². The zero-order valence-corrected chi connectivity index (χ0v) is 32.3. The molecule has 2 saturated carbocycles. The maximum atomic E-state index is 4.96. The van der Waals surface area contributed by atoms with Gasteiger partial charge in [-0.2, -0.15) is 0 Å². The Morgan fingerprint density at radius 3 is 1.27 bits per heavy atom. The fraction of sp³-hybridized carbons (Fsp3) is 0.412. The Kier molecular flexibility index (Phi) is 10.0. The molecule has 0 N–H and O–H groups in total. The molecule has 4 aromatic rings. The first-order valence-corrected chi connectivity index (χ1v) is 25.9. The third-order valence-corrected chi connectivity index (χ3v) is 11.2. The van der Waals surface area contributed by atoms with Crippen LogP contribution < -0.4 is 0 Å². The van der Waals surface area contributed by atoms with Gasteiger partial charge in [0.2, 0.25) is 0 Å². The monoisotopic (exact) mass is 1030 g/mol. The Bertz CT molecular complexity index is 1500. The first-order chi connectivity index (χ1) is 21.2. The Morgan fingerprint density at radius 2 is 0.955 bits per heavy atom. The summed E-state index contributed by atoms with van der Waals surface area (Å²) in [6.45, 7) is 10.00. The topological polar surface area (TPSA) is 51.6 Å². The summed E-state index contributed by atoms with van der Waals surface area (Å²) in [5.74, 6) is 3.46.